The largest absolute Gasteiger partial charge is 0.301 e. The highest BCUT2D eigenvalue weighted by atomic mass is 32.2. The van der Waals surface area contributed by atoms with Crippen molar-refractivity contribution in [3.63, 3.8) is 0 Å². The van der Waals surface area contributed by atoms with Crippen LogP contribution in [0.15, 0.2) is 24.3 Å². The molecule has 1 heterocycles. The van der Waals surface area contributed by atoms with Crippen LogP contribution >= 0.6 is 11.8 Å². The van der Waals surface area contributed by atoms with Crippen LogP contribution in [0.25, 0.3) is 0 Å². The van der Waals surface area contributed by atoms with E-state index in [1.54, 1.807) is 0 Å². The molecular formula is C12H17NS. The van der Waals surface area contributed by atoms with Gasteiger partial charge in [0.25, 0.3) is 0 Å². The Morgan fingerprint density at radius 3 is 2.57 bits per heavy atom. The van der Waals surface area contributed by atoms with Gasteiger partial charge in [0.1, 0.15) is 0 Å². The van der Waals surface area contributed by atoms with Crippen LogP contribution in [0.3, 0.4) is 0 Å². The Hall–Kier alpha value is -0.470. The quantitative estimate of drug-likeness (QED) is 0.760. The third kappa shape index (κ3) is 2.31. The molecule has 0 spiro atoms. The van der Waals surface area contributed by atoms with Crippen LogP contribution in [0.5, 0.6) is 0 Å². The number of aryl methyl sites for hydroxylation is 1. The van der Waals surface area contributed by atoms with Gasteiger partial charge < -0.3 is 5.32 Å². The first kappa shape index (κ1) is 10.1. The van der Waals surface area contributed by atoms with E-state index in [0.29, 0.717) is 5.37 Å². The molecule has 0 aliphatic carbocycles. The van der Waals surface area contributed by atoms with E-state index in [2.05, 4.69) is 43.4 Å². The number of thioether (sulfide) groups is 1. The Bertz CT molecular complexity index is 286. The van der Waals surface area contributed by atoms with Gasteiger partial charge in [-0.3, -0.25) is 0 Å². The zero-order valence-corrected chi connectivity index (χ0v) is 9.60. The van der Waals surface area contributed by atoms with Crippen molar-refractivity contribution in [3.8, 4) is 0 Å². The fourth-order valence-corrected chi connectivity index (χ4v) is 2.84. The smallest absolute Gasteiger partial charge is 0.0789 e. The normalized spacial score (nSPS) is 27.6. The van der Waals surface area contributed by atoms with E-state index in [0.717, 1.165) is 12.5 Å². The first-order valence-corrected chi connectivity index (χ1v) is 6.22. The van der Waals surface area contributed by atoms with E-state index in [1.807, 2.05) is 11.8 Å². The van der Waals surface area contributed by atoms with E-state index >= 15 is 0 Å². The van der Waals surface area contributed by atoms with Crippen molar-refractivity contribution in [2.45, 2.75) is 19.2 Å². The van der Waals surface area contributed by atoms with Crippen LogP contribution in [-0.4, -0.2) is 12.3 Å². The lowest BCUT2D eigenvalue weighted by molar-refractivity contribution is 0.529. The summed E-state index contributed by atoms with van der Waals surface area (Å²) < 4.78 is 0. The van der Waals surface area contributed by atoms with Crippen LogP contribution < -0.4 is 5.32 Å². The molecule has 1 aliphatic rings. The predicted octanol–water partition coefficient (Wildman–Crippen LogP) is 2.97. The fourth-order valence-electron chi connectivity index (χ4n) is 1.64. The van der Waals surface area contributed by atoms with Crippen LogP contribution in [-0.2, 0) is 0 Å². The SMILES string of the molecule is Cc1ccc(C2NCC(C)CS2)cc1. The molecule has 0 radical (unpaired) electrons. The number of hydrogen-bond donors (Lipinski definition) is 1. The summed E-state index contributed by atoms with van der Waals surface area (Å²) in [6, 6.07) is 8.84. The van der Waals surface area contributed by atoms with Gasteiger partial charge in [-0.25, -0.2) is 0 Å². The molecule has 1 aliphatic heterocycles. The van der Waals surface area contributed by atoms with E-state index < -0.39 is 0 Å². The standard InChI is InChI=1S/C12H17NS/c1-9-3-5-11(6-4-9)12-13-7-10(2)8-14-12/h3-6,10,12-13H,7-8H2,1-2H3. The third-order valence-electron chi connectivity index (χ3n) is 2.58. The Morgan fingerprint density at radius 1 is 1.29 bits per heavy atom. The van der Waals surface area contributed by atoms with Gasteiger partial charge in [0.2, 0.25) is 0 Å². The summed E-state index contributed by atoms with van der Waals surface area (Å²) in [6.45, 7) is 5.57. The average molecular weight is 207 g/mol. The van der Waals surface area contributed by atoms with E-state index in [-0.39, 0.29) is 0 Å². The van der Waals surface area contributed by atoms with Gasteiger partial charge in [0.05, 0.1) is 5.37 Å². The molecule has 1 aromatic rings. The zero-order valence-electron chi connectivity index (χ0n) is 8.79. The van der Waals surface area contributed by atoms with Gasteiger partial charge in [0, 0.05) is 0 Å². The molecule has 76 valence electrons. The van der Waals surface area contributed by atoms with Crippen LogP contribution in [0, 0.1) is 12.8 Å². The molecule has 0 bridgehead atoms. The Balaban J connectivity index is 2.05. The lowest BCUT2D eigenvalue weighted by atomic mass is 10.1. The van der Waals surface area contributed by atoms with Gasteiger partial charge in [-0.15, -0.1) is 11.8 Å². The Kier molecular flexibility index (Phi) is 3.14. The van der Waals surface area contributed by atoms with E-state index in [4.69, 9.17) is 0 Å². The number of benzene rings is 1. The Labute approximate surface area is 90.3 Å². The minimum Gasteiger partial charge on any atom is -0.301 e. The zero-order chi connectivity index (χ0) is 9.97. The molecule has 1 nitrogen and oxygen atoms in total. The van der Waals surface area contributed by atoms with Crippen molar-refractivity contribution < 1.29 is 0 Å². The lowest BCUT2D eigenvalue weighted by Crippen LogP contribution is -2.31. The van der Waals surface area contributed by atoms with Crippen molar-refractivity contribution >= 4 is 11.8 Å². The van der Waals surface area contributed by atoms with Crippen molar-refractivity contribution in [3.05, 3.63) is 35.4 Å². The van der Waals surface area contributed by atoms with E-state index in [9.17, 15) is 0 Å². The molecule has 0 aromatic heterocycles. The molecule has 0 amide bonds. The average Bonchev–Trinajstić information content (AvgIpc) is 2.21. The molecule has 0 saturated carbocycles. The number of nitrogens with one attached hydrogen (secondary N) is 1. The summed E-state index contributed by atoms with van der Waals surface area (Å²) in [5.74, 6) is 2.08. The summed E-state index contributed by atoms with van der Waals surface area (Å²) in [4.78, 5) is 0. The molecular weight excluding hydrogens is 190 g/mol. The number of hydrogen-bond acceptors (Lipinski definition) is 2. The van der Waals surface area contributed by atoms with Crippen LogP contribution in [0.1, 0.15) is 23.4 Å². The third-order valence-corrected chi connectivity index (χ3v) is 4.11. The van der Waals surface area contributed by atoms with Crippen molar-refractivity contribution in [2.24, 2.45) is 5.92 Å². The molecule has 2 heteroatoms. The summed E-state index contributed by atoms with van der Waals surface area (Å²) >= 11 is 2.02. The van der Waals surface area contributed by atoms with Crippen LogP contribution in [0.4, 0.5) is 0 Å². The fraction of sp³-hybridized carbons (Fsp3) is 0.500. The van der Waals surface area contributed by atoms with E-state index in [1.165, 1.54) is 16.9 Å². The Morgan fingerprint density at radius 2 is 2.00 bits per heavy atom. The van der Waals surface area contributed by atoms with Crippen molar-refractivity contribution in [1.82, 2.24) is 5.32 Å². The molecule has 14 heavy (non-hydrogen) atoms. The lowest BCUT2D eigenvalue weighted by Gasteiger charge is -2.27. The second kappa shape index (κ2) is 4.37. The topological polar surface area (TPSA) is 12.0 Å². The van der Waals surface area contributed by atoms with Gasteiger partial charge >= 0.3 is 0 Å². The van der Waals surface area contributed by atoms with Gasteiger partial charge in [-0.05, 0) is 30.7 Å². The maximum Gasteiger partial charge on any atom is 0.0789 e. The van der Waals surface area contributed by atoms with Crippen molar-refractivity contribution in [1.29, 1.82) is 0 Å². The minimum atomic E-state index is 0.506. The maximum atomic E-state index is 3.57. The monoisotopic (exact) mass is 207 g/mol. The highest BCUT2D eigenvalue weighted by Gasteiger charge is 2.18. The van der Waals surface area contributed by atoms with Crippen molar-refractivity contribution in [2.75, 3.05) is 12.3 Å². The predicted molar refractivity (Wildman–Crippen MR) is 63.5 cm³/mol. The highest BCUT2D eigenvalue weighted by Crippen LogP contribution is 2.31. The summed E-state index contributed by atoms with van der Waals surface area (Å²) in [5, 5.41) is 4.07. The molecule has 2 unspecified atom stereocenters. The maximum absolute atomic E-state index is 3.57. The number of rotatable bonds is 1. The summed E-state index contributed by atoms with van der Waals surface area (Å²) in [6.07, 6.45) is 0. The molecule has 1 fully saturated rings. The molecule has 2 rings (SSSR count). The molecule has 1 saturated heterocycles. The van der Waals surface area contributed by atoms with Crippen LogP contribution in [0.2, 0.25) is 0 Å². The minimum absolute atomic E-state index is 0.506. The first-order valence-electron chi connectivity index (χ1n) is 5.17. The molecule has 1 N–H and O–H groups in total. The molecule has 2 atom stereocenters. The first-order chi connectivity index (χ1) is 6.75. The van der Waals surface area contributed by atoms with Gasteiger partial charge in [-0.2, -0.15) is 0 Å². The summed E-state index contributed by atoms with van der Waals surface area (Å²) in [5.41, 5.74) is 2.75. The second-order valence-electron chi connectivity index (χ2n) is 4.14. The highest BCUT2D eigenvalue weighted by molar-refractivity contribution is 7.99. The molecule has 1 aromatic carbocycles. The summed E-state index contributed by atoms with van der Waals surface area (Å²) in [7, 11) is 0. The van der Waals surface area contributed by atoms with Gasteiger partial charge in [-0.1, -0.05) is 36.8 Å². The second-order valence-corrected chi connectivity index (χ2v) is 5.28. The van der Waals surface area contributed by atoms with Gasteiger partial charge in [0.15, 0.2) is 0 Å².